The van der Waals surface area contributed by atoms with Gasteiger partial charge in [-0.15, -0.1) is 0 Å². The van der Waals surface area contributed by atoms with Crippen molar-refractivity contribution in [1.29, 1.82) is 0 Å². The molecule has 0 bridgehead atoms. The molecular formula is C16H30N2O3S. The lowest BCUT2D eigenvalue weighted by Crippen LogP contribution is -2.42. The molecule has 1 atom stereocenters. The van der Waals surface area contributed by atoms with Gasteiger partial charge in [0, 0.05) is 40.9 Å². The molecule has 22 heavy (non-hydrogen) atoms. The first-order valence-electron chi connectivity index (χ1n) is 8.43. The van der Waals surface area contributed by atoms with Gasteiger partial charge in [0.2, 0.25) is 0 Å². The van der Waals surface area contributed by atoms with Crippen LogP contribution in [0.3, 0.4) is 0 Å². The molecule has 1 N–H and O–H groups in total. The van der Waals surface area contributed by atoms with Crippen LogP contribution in [0.25, 0.3) is 0 Å². The Morgan fingerprint density at radius 3 is 2.59 bits per heavy atom. The maximum atomic E-state index is 12.2. The molecule has 2 aliphatic rings. The first-order chi connectivity index (χ1) is 10.3. The van der Waals surface area contributed by atoms with Crippen molar-refractivity contribution < 1.29 is 13.7 Å². The molecule has 0 radical (unpaired) electrons. The fraction of sp³-hybridized carbons (Fsp3) is 0.938. The third-order valence-corrected chi connectivity index (χ3v) is 5.69. The van der Waals surface area contributed by atoms with Crippen molar-refractivity contribution in [2.45, 2.75) is 70.6 Å². The topological polar surface area (TPSA) is 58.6 Å². The molecule has 2 rings (SSSR count). The summed E-state index contributed by atoms with van der Waals surface area (Å²) in [7, 11) is -0.600. The molecule has 2 saturated heterocycles. The molecule has 1 amide bonds. The zero-order valence-electron chi connectivity index (χ0n) is 14.1. The predicted molar refractivity (Wildman–Crippen MR) is 89.5 cm³/mol. The van der Waals surface area contributed by atoms with E-state index < -0.39 is 16.4 Å². The number of amides is 1. The highest BCUT2D eigenvalue weighted by Gasteiger charge is 2.31. The third kappa shape index (κ3) is 5.54. The van der Waals surface area contributed by atoms with Gasteiger partial charge in [-0.05, 0) is 59.4 Å². The smallest absolute Gasteiger partial charge is 0.410 e. The Hall–Kier alpha value is -0.620. The lowest BCUT2D eigenvalue weighted by atomic mass is 10.1. The summed E-state index contributed by atoms with van der Waals surface area (Å²) in [6, 6.07) is 0.786. The summed E-state index contributed by atoms with van der Waals surface area (Å²) in [5.41, 5.74) is -0.430. The summed E-state index contributed by atoms with van der Waals surface area (Å²) in [5, 5.41) is 3.56. The summed E-state index contributed by atoms with van der Waals surface area (Å²) in [6.45, 7) is 7.45. The summed E-state index contributed by atoms with van der Waals surface area (Å²) in [5.74, 6) is 1.65. The number of likely N-dealkylation sites (tertiary alicyclic amines) is 1. The van der Waals surface area contributed by atoms with E-state index in [1.54, 1.807) is 0 Å². The van der Waals surface area contributed by atoms with Crippen LogP contribution in [0.4, 0.5) is 4.79 Å². The maximum absolute atomic E-state index is 12.2. The van der Waals surface area contributed by atoms with Crippen LogP contribution >= 0.6 is 0 Å². The summed E-state index contributed by atoms with van der Waals surface area (Å²) >= 11 is 0. The number of ether oxygens (including phenoxy) is 1. The molecule has 1 unspecified atom stereocenters. The number of carbonyl (C=O) groups excluding carboxylic acids is 1. The molecule has 0 saturated carbocycles. The lowest BCUT2D eigenvalue weighted by molar-refractivity contribution is 0.0220. The van der Waals surface area contributed by atoms with Crippen molar-refractivity contribution >= 4 is 16.9 Å². The number of hydrogen-bond acceptors (Lipinski definition) is 4. The van der Waals surface area contributed by atoms with Crippen molar-refractivity contribution in [3.05, 3.63) is 0 Å². The first kappa shape index (κ1) is 17.7. The van der Waals surface area contributed by atoms with E-state index in [1.807, 2.05) is 25.7 Å². The second-order valence-corrected chi connectivity index (χ2v) is 9.03. The Labute approximate surface area is 136 Å². The van der Waals surface area contributed by atoms with E-state index in [4.69, 9.17) is 4.74 Å². The van der Waals surface area contributed by atoms with E-state index in [1.165, 1.54) is 0 Å². The average Bonchev–Trinajstić information content (AvgIpc) is 2.88. The minimum Gasteiger partial charge on any atom is -0.444 e. The second-order valence-electron chi connectivity index (χ2n) is 7.33. The van der Waals surface area contributed by atoms with Gasteiger partial charge in [0.25, 0.3) is 0 Å². The number of hydrogen-bond donors (Lipinski definition) is 1. The molecule has 6 heteroatoms. The van der Waals surface area contributed by atoms with Crippen molar-refractivity contribution in [2.75, 3.05) is 24.6 Å². The average molecular weight is 330 g/mol. The highest BCUT2D eigenvalue weighted by atomic mass is 32.2. The summed E-state index contributed by atoms with van der Waals surface area (Å²) in [4.78, 5) is 14.1. The Morgan fingerprint density at radius 2 is 1.95 bits per heavy atom. The Morgan fingerprint density at radius 1 is 1.27 bits per heavy atom. The number of nitrogens with one attached hydrogen (secondary N) is 1. The molecule has 2 heterocycles. The molecule has 0 aromatic heterocycles. The second kappa shape index (κ2) is 7.77. The SMILES string of the molecule is CC(C)(C)OC(=O)N1CCCC1CCNC1CCS(=O)CC1. The van der Waals surface area contributed by atoms with Gasteiger partial charge in [0.05, 0.1) is 0 Å². The zero-order chi connectivity index (χ0) is 16.2. The molecule has 0 spiro atoms. The summed E-state index contributed by atoms with van der Waals surface area (Å²) in [6.07, 6.45) is 4.93. The monoisotopic (exact) mass is 330 g/mol. The van der Waals surface area contributed by atoms with Gasteiger partial charge in [-0.2, -0.15) is 0 Å². The third-order valence-electron chi connectivity index (χ3n) is 4.30. The molecule has 2 fully saturated rings. The van der Waals surface area contributed by atoms with Gasteiger partial charge in [0.1, 0.15) is 5.60 Å². The molecule has 2 aliphatic heterocycles. The van der Waals surface area contributed by atoms with Crippen LogP contribution in [0.15, 0.2) is 0 Å². The van der Waals surface area contributed by atoms with E-state index in [2.05, 4.69) is 5.32 Å². The van der Waals surface area contributed by atoms with Gasteiger partial charge in [-0.3, -0.25) is 4.21 Å². The molecular weight excluding hydrogens is 300 g/mol. The van der Waals surface area contributed by atoms with Crippen LogP contribution in [-0.2, 0) is 15.5 Å². The van der Waals surface area contributed by atoms with E-state index in [0.29, 0.717) is 12.1 Å². The molecule has 128 valence electrons. The van der Waals surface area contributed by atoms with Crippen LogP contribution in [0, 0.1) is 0 Å². The van der Waals surface area contributed by atoms with Crippen LogP contribution in [0.2, 0.25) is 0 Å². The highest BCUT2D eigenvalue weighted by molar-refractivity contribution is 7.85. The van der Waals surface area contributed by atoms with Gasteiger partial charge in [0.15, 0.2) is 0 Å². The first-order valence-corrected chi connectivity index (χ1v) is 9.92. The van der Waals surface area contributed by atoms with E-state index >= 15 is 0 Å². The maximum Gasteiger partial charge on any atom is 0.410 e. The van der Waals surface area contributed by atoms with Crippen molar-refractivity contribution in [1.82, 2.24) is 10.2 Å². The Balaban J connectivity index is 1.72. The van der Waals surface area contributed by atoms with Gasteiger partial charge >= 0.3 is 6.09 Å². The van der Waals surface area contributed by atoms with Crippen LogP contribution in [0.1, 0.15) is 52.9 Å². The largest absolute Gasteiger partial charge is 0.444 e. The Bertz CT molecular complexity index is 399. The van der Waals surface area contributed by atoms with Crippen molar-refractivity contribution in [3.63, 3.8) is 0 Å². The predicted octanol–water partition coefficient (Wildman–Crippen LogP) is 2.28. The van der Waals surface area contributed by atoms with Crippen molar-refractivity contribution in [3.8, 4) is 0 Å². The quantitative estimate of drug-likeness (QED) is 0.859. The molecule has 0 aromatic rings. The fourth-order valence-electron chi connectivity index (χ4n) is 3.15. The summed E-state index contributed by atoms with van der Waals surface area (Å²) < 4.78 is 16.8. The van der Waals surface area contributed by atoms with Gasteiger partial charge in [-0.1, -0.05) is 0 Å². The normalized spacial score (nSPS) is 29.6. The van der Waals surface area contributed by atoms with E-state index in [9.17, 15) is 9.00 Å². The minimum atomic E-state index is -0.600. The fourth-order valence-corrected chi connectivity index (χ4v) is 4.45. The molecule has 0 aromatic carbocycles. The highest BCUT2D eigenvalue weighted by Crippen LogP contribution is 2.23. The minimum absolute atomic E-state index is 0.178. The zero-order valence-corrected chi connectivity index (χ0v) is 14.9. The molecule has 0 aliphatic carbocycles. The van der Waals surface area contributed by atoms with Gasteiger partial charge < -0.3 is 15.0 Å². The lowest BCUT2D eigenvalue weighted by Gasteiger charge is -2.29. The van der Waals surface area contributed by atoms with Crippen LogP contribution in [-0.4, -0.2) is 57.5 Å². The number of nitrogens with zero attached hydrogens (tertiary/aromatic N) is 1. The van der Waals surface area contributed by atoms with E-state index in [-0.39, 0.29) is 6.09 Å². The number of carbonyl (C=O) groups is 1. The van der Waals surface area contributed by atoms with Crippen molar-refractivity contribution in [2.24, 2.45) is 0 Å². The Kier molecular flexibility index (Phi) is 6.26. The number of rotatable bonds is 4. The van der Waals surface area contributed by atoms with Crippen LogP contribution in [0.5, 0.6) is 0 Å². The standard InChI is InChI=1S/C16H30N2O3S/c1-16(2,3)21-15(19)18-10-4-5-14(18)6-9-17-13-7-11-22(20)12-8-13/h13-14,17H,4-12H2,1-3H3. The van der Waals surface area contributed by atoms with Crippen LogP contribution < -0.4 is 5.32 Å². The molecule has 5 nitrogen and oxygen atoms in total. The van der Waals surface area contributed by atoms with E-state index in [0.717, 1.165) is 56.7 Å². The van der Waals surface area contributed by atoms with Gasteiger partial charge in [-0.25, -0.2) is 4.79 Å².